The first-order valence-corrected chi connectivity index (χ1v) is 7.59. The molecular weight excluding hydrogens is 339 g/mol. The van der Waals surface area contributed by atoms with Crippen molar-refractivity contribution in [2.24, 2.45) is 0 Å². The van der Waals surface area contributed by atoms with Crippen molar-refractivity contribution in [3.05, 3.63) is 21.9 Å². The third kappa shape index (κ3) is 3.14. The van der Waals surface area contributed by atoms with Crippen molar-refractivity contribution in [1.29, 1.82) is 0 Å². The Kier molecular flexibility index (Phi) is 5.13. The summed E-state index contributed by atoms with van der Waals surface area (Å²) in [7, 11) is -1.83. The molecule has 0 aliphatic heterocycles. The lowest BCUT2D eigenvalue weighted by atomic mass is 10.3. The highest BCUT2D eigenvalue weighted by molar-refractivity contribution is 14.1. The Morgan fingerprint density at radius 3 is 2.75 bits per heavy atom. The van der Waals surface area contributed by atoms with Gasteiger partial charge in [-0.3, -0.25) is 0 Å². The lowest BCUT2D eigenvalue weighted by Gasteiger charge is -2.16. The van der Waals surface area contributed by atoms with Gasteiger partial charge in [-0.2, -0.15) is 4.31 Å². The Morgan fingerprint density at radius 2 is 2.19 bits per heavy atom. The molecule has 0 aliphatic carbocycles. The number of aromatic nitrogens is 1. The molecule has 1 aromatic rings. The molecule has 1 heterocycles. The third-order valence-corrected chi connectivity index (χ3v) is 5.26. The zero-order valence-electron chi connectivity index (χ0n) is 9.35. The molecule has 16 heavy (non-hydrogen) atoms. The Labute approximate surface area is 110 Å². The van der Waals surface area contributed by atoms with Gasteiger partial charge in [-0.05, 0) is 41.1 Å². The normalized spacial score (nSPS) is 12.0. The van der Waals surface area contributed by atoms with Crippen LogP contribution < -0.4 is 0 Å². The van der Waals surface area contributed by atoms with Crippen molar-refractivity contribution in [2.45, 2.75) is 24.8 Å². The monoisotopic (exact) mass is 354 g/mol. The maximum Gasteiger partial charge on any atom is 0.261 e. The van der Waals surface area contributed by atoms with Crippen molar-refractivity contribution in [3.8, 4) is 0 Å². The van der Waals surface area contributed by atoms with Gasteiger partial charge in [-0.15, -0.1) is 0 Å². The second-order valence-electron chi connectivity index (χ2n) is 3.47. The second kappa shape index (κ2) is 5.92. The minimum absolute atomic E-state index is 0.147. The van der Waals surface area contributed by atoms with Crippen LogP contribution in [-0.4, -0.2) is 31.3 Å². The van der Waals surface area contributed by atoms with Gasteiger partial charge in [0.15, 0.2) is 5.03 Å². The number of pyridine rings is 1. The van der Waals surface area contributed by atoms with Gasteiger partial charge >= 0.3 is 0 Å². The maximum atomic E-state index is 12.1. The van der Waals surface area contributed by atoms with Gasteiger partial charge in [0.05, 0.1) is 3.57 Å². The van der Waals surface area contributed by atoms with Gasteiger partial charge in [0.2, 0.25) is 0 Å². The quantitative estimate of drug-likeness (QED) is 0.761. The van der Waals surface area contributed by atoms with E-state index in [0.717, 1.165) is 12.8 Å². The maximum absolute atomic E-state index is 12.1. The predicted molar refractivity (Wildman–Crippen MR) is 71.7 cm³/mol. The summed E-state index contributed by atoms with van der Waals surface area (Å²) in [5.41, 5.74) is 0. The standard InChI is InChI=1S/C10H15IN2O2S/c1-3-4-8-13(2)16(14,15)10-9(11)6-5-7-12-10/h5-7H,3-4,8H2,1-2H3. The summed E-state index contributed by atoms with van der Waals surface area (Å²) in [6.07, 6.45) is 3.33. The van der Waals surface area contributed by atoms with Crippen LogP contribution in [0.2, 0.25) is 0 Å². The third-order valence-electron chi connectivity index (χ3n) is 2.21. The van der Waals surface area contributed by atoms with Gasteiger partial charge in [-0.1, -0.05) is 13.3 Å². The Hall–Kier alpha value is -0.210. The number of unbranched alkanes of at least 4 members (excludes halogenated alkanes) is 1. The van der Waals surface area contributed by atoms with Crippen molar-refractivity contribution in [3.63, 3.8) is 0 Å². The highest BCUT2D eigenvalue weighted by atomic mass is 127. The number of sulfonamides is 1. The van der Waals surface area contributed by atoms with Crippen LogP contribution in [0.3, 0.4) is 0 Å². The minimum Gasteiger partial charge on any atom is -0.242 e. The van der Waals surface area contributed by atoms with Crippen molar-refractivity contribution in [2.75, 3.05) is 13.6 Å². The average molecular weight is 354 g/mol. The Morgan fingerprint density at radius 1 is 1.50 bits per heavy atom. The lowest BCUT2D eigenvalue weighted by molar-refractivity contribution is 0.456. The fourth-order valence-electron chi connectivity index (χ4n) is 1.21. The fourth-order valence-corrected chi connectivity index (χ4v) is 3.56. The van der Waals surface area contributed by atoms with Crippen LogP contribution in [0.15, 0.2) is 23.4 Å². The molecule has 0 bridgehead atoms. The summed E-state index contributed by atoms with van der Waals surface area (Å²) in [6, 6.07) is 3.47. The number of hydrogen-bond donors (Lipinski definition) is 0. The Balaban J connectivity index is 2.98. The highest BCUT2D eigenvalue weighted by Gasteiger charge is 2.23. The predicted octanol–water partition coefficient (Wildman–Crippen LogP) is 2.11. The van der Waals surface area contributed by atoms with Crippen LogP contribution >= 0.6 is 22.6 Å². The molecule has 0 N–H and O–H groups in total. The molecule has 4 nitrogen and oxygen atoms in total. The van der Waals surface area contributed by atoms with Crippen molar-refractivity contribution in [1.82, 2.24) is 9.29 Å². The number of rotatable bonds is 5. The van der Waals surface area contributed by atoms with Crippen LogP contribution in [0.4, 0.5) is 0 Å². The van der Waals surface area contributed by atoms with Crippen LogP contribution in [-0.2, 0) is 10.0 Å². The topological polar surface area (TPSA) is 50.3 Å². The fraction of sp³-hybridized carbons (Fsp3) is 0.500. The lowest BCUT2D eigenvalue weighted by Crippen LogP contribution is -2.29. The Bertz CT molecular complexity index is 448. The molecular formula is C10H15IN2O2S. The molecule has 0 saturated heterocycles. The SMILES string of the molecule is CCCCN(C)S(=O)(=O)c1ncccc1I. The molecule has 1 rings (SSSR count). The van der Waals surface area contributed by atoms with E-state index in [0.29, 0.717) is 10.1 Å². The van der Waals surface area contributed by atoms with Crippen LogP contribution in [0.25, 0.3) is 0 Å². The first kappa shape index (κ1) is 13.9. The second-order valence-corrected chi connectivity index (χ2v) is 6.59. The highest BCUT2D eigenvalue weighted by Crippen LogP contribution is 2.18. The molecule has 0 atom stereocenters. The summed E-state index contributed by atoms with van der Waals surface area (Å²) in [6.45, 7) is 2.57. The molecule has 0 unspecified atom stereocenters. The van der Waals surface area contributed by atoms with Crippen LogP contribution in [0.5, 0.6) is 0 Å². The van der Waals surface area contributed by atoms with Gasteiger partial charge < -0.3 is 0 Å². The zero-order chi connectivity index (χ0) is 12.2. The van der Waals surface area contributed by atoms with E-state index in [2.05, 4.69) is 4.98 Å². The van der Waals surface area contributed by atoms with Crippen LogP contribution in [0, 0.1) is 3.57 Å². The first-order valence-electron chi connectivity index (χ1n) is 5.07. The molecule has 90 valence electrons. The number of nitrogens with zero attached hydrogens (tertiary/aromatic N) is 2. The summed E-state index contributed by atoms with van der Waals surface area (Å²) >= 11 is 1.99. The minimum atomic E-state index is -3.43. The molecule has 0 fully saturated rings. The summed E-state index contributed by atoms with van der Waals surface area (Å²) in [4.78, 5) is 3.94. The molecule has 6 heteroatoms. The molecule has 0 amide bonds. The van der Waals surface area contributed by atoms with Crippen molar-refractivity contribution < 1.29 is 8.42 Å². The van der Waals surface area contributed by atoms with E-state index in [1.165, 1.54) is 10.5 Å². The summed E-state index contributed by atoms with van der Waals surface area (Å²) in [5, 5.41) is 0.147. The smallest absolute Gasteiger partial charge is 0.242 e. The number of halogens is 1. The summed E-state index contributed by atoms with van der Waals surface area (Å²) < 4.78 is 26.3. The van der Waals surface area contributed by atoms with Gasteiger partial charge in [-0.25, -0.2) is 13.4 Å². The van der Waals surface area contributed by atoms with E-state index in [1.807, 2.05) is 29.5 Å². The van der Waals surface area contributed by atoms with Crippen LogP contribution in [0.1, 0.15) is 19.8 Å². The van der Waals surface area contributed by atoms with Gasteiger partial charge in [0.1, 0.15) is 0 Å². The first-order chi connectivity index (χ1) is 7.50. The van der Waals surface area contributed by atoms with E-state index in [9.17, 15) is 8.42 Å². The largest absolute Gasteiger partial charge is 0.261 e. The van der Waals surface area contributed by atoms with E-state index >= 15 is 0 Å². The molecule has 0 radical (unpaired) electrons. The van der Waals surface area contributed by atoms with E-state index in [4.69, 9.17) is 0 Å². The van der Waals surface area contributed by atoms with Crippen molar-refractivity contribution >= 4 is 32.6 Å². The molecule has 0 saturated carbocycles. The zero-order valence-corrected chi connectivity index (χ0v) is 12.3. The number of hydrogen-bond acceptors (Lipinski definition) is 3. The molecule has 0 aromatic carbocycles. The van der Waals surface area contributed by atoms with Gasteiger partial charge in [0, 0.05) is 19.8 Å². The average Bonchev–Trinajstić information content (AvgIpc) is 2.26. The molecule has 0 spiro atoms. The van der Waals surface area contributed by atoms with Gasteiger partial charge in [0.25, 0.3) is 10.0 Å². The molecule has 0 aliphatic rings. The molecule has 1 aromatic heterocycles. The van der Waals surface area contributed by atoms with E-state index < -0.39 is 10.0 Å². The van der Waals surface area contributed by atoms with E-state index in [-0.39, 0.29) is 5.03 Å². The van der Waals surface area contributed by atoms with E-state index in [1.54, 1.807) is 19.2 Å². The summed E-state index contributed by atoms with van der Waals surface area (Å²) in [5.74, 6) is 0.